The standard InChI is InChI=1S/C18H18O3/c1-2-12-20-13-16(19)14-21-18-11-7-6-10-17(18)15-8-4-3-5-9-15/h1,3-11,16,19H,12-14H2. The molecule has 1 N–H and O–H groups in total. The van der Waals surface area contributed by atoms with Gasteiger partial charge in [0.15, 0.2) is 0 Å². The lowest BCUT2D eigenvalue weighted by Gasteiger charge is -2.15. The van der Waals surface area contributed by atoms with Crippen molar-refractivity contribution in [2.45, 2.75) is 6.10 Å². The number of aliphatic hydroxyl groups is 1. The van der Waals surface area contributed by atoms with Gasteiger partial charge in [-0.25, -0.2) is 0 Å². The minimum Gasteiger partial charge on any atom is -0.490 e. The summed E-state index contributed by atoms with van der Waals surface area (Å²) in [5, 5.41) is 9.78. The summed E-state index contributed by atoms with van der Waals surface area (Å²) in [6, 6.07) is 17.7. The fourth-order valence-corrected chi connectivity index (χ4v) is 1.94. The molecule has 2 rings (SSSR count). The van der Waals surface area contributed by atoms with Crippen LogP contribution in [-0.2, 0) is 4.74 Å². The van der Waals surface area contributed by atoms with Crippen LogP contribution in [0, 0.1) is 12.3 Å². The molecule has 3 nitrogen and oxygen atoms in total. The average Bonchev–Trinajstić information content (AvgIpc) is 2.54. The van der Waals surface area contributed by atoms with Gasteiger partial charge in [-0.1, -0.05) is 54.5 Å². The molecule has 2 aromatic rings. The Morgan fingerprint density at radius 2 is 1.71 bits per heavy atom. The first kappa shape index (κ1) is 15.1. The number of para-hydroxylation sites is 1. The highest BCUT2D eigenvalue weighted by Gasteiger charge is 2.09. The van der Waals surface area contributed by atoms with Crippen LogP contribution in [0.1, 0.15) is 0 Å². The highest BCUT2D eigenvalue weighted by Crippen LogP contribution is 2.29. The number of hydrogen-bond acceptors (Lipinski definition) is 3. The molecule has 0 aliphatic rings. The molecular weight excluding hydrogens is 264 g/mol. The van der Waals surface area contributed by atoms with E-state index in [0.717, 1.165) is 16.9 Å². The number of terminal acetylenes is 1. The largest absolute Gasteiger partial charge is 0.490 e. The summed E-state index contributed by atoms with van der Waals surface area (Å²) in [5.74, 6) is 3.09. The third-order valence-corrected chi connectivity index (χ3v) is 2.90. The molecule has 108 valence electrons. The van der Waals surface area contributed by atoms with Gasteiger partial charge in [-0.15, -0.1) is 6.42 Å². The third kappa shape index (κ3) is 4.64. The van der Waals surface area contributed by atoms with Crippen molar-refractivity contribution in [3.63, 3.8) is 0 Å². The Bertz CT molecular complexity index is 587. The Balaban J connectivity index is 2.00. The van der Waals surface area contributed by atoms with E-state index in [1.54, 1.807) is 0 Å². The quantitative estimate of drug-likeness (QED) is 0.627. The molecule has 0 heterocycles. The monoisotopic (exact) mass is 282 g/mol. The zero-order chi connectivity index (χ0) is 14.9. The van der Waals surface area contributed by atoms with Crippen LogP contribution < -0.4 is 4.74 Å². The predicted molar refractivity (Wildman–Crippen MR) is 83.0 cm³/mol. The summed E-state index contributed by atoms with van der Waals surface area (Å²) in [6.07, 6.45) is 4.37. The van der Waals surface area contributed by atoms with Crippen LogP contribution in [0.15, 0.2) is 54.6 Å². The molecule has 0 radical (unpaired) electrons. The predicted octanol–water partition coefficient (Wildman–Crippen LogP) is 2.74. The first-order valence-electron chi connectivity index (χ1n) is 6.78. The van der Waals surface area contributed by atoms with Crippen LogP contribution in [0.4, 0.5) is 0 Å². The zero-order valence-electron chi connectivity index (χ0n) is 11.7. The van der Waals surface area contributed by atoms with Gasteiger partial charge in [0.25, 0.3) is 0 Å². The van der Waals surface area contributed by atoms with E-state index in [0.29, 0.717) is 0 Å². The zero-order valence-corrected chi connectivity index (χ0v) is 11.7. The SMILES string of the molecule is C#CCOCC(O)COc1ccccc1-c1ccccc1. The van der Waals surface area contributed by atoms with Crippen molar-refractivity contribution in [3.8, 4) is 29.2 Å². The maximum atomic E-state index is 9.78. The fraction of sp³-hybridized carbons (Fsp3) is 0.222. The molecule has 0 bridgehead atoms. The Hall–Kier alpha value is -2.28. The molecule has 1 unspecified atom stereocenters. The van der Waals surface area contributed by atoms with Crippen LogP contribution in [-0.4, -0.2) is 31.0 Å². The minimum absolute atomic E-state index is 0.161. The van der Waals surface area contributed by atoms with Gasteiger partial charge in [0.1, 0.15) is 25.1 Å². The van der Waals surface area contributed by atoms with Crippen molar-refractivity contribution >= 4 is 0 Å². The van der Waals surface area contributed by atoms with E-state index < -0.39 is 6.10 Å². The van der Waals surface area contributed by atoms with Gasteiger partial charge < -0.3 is 14.6 Å². The second-order valence-corrected chi connectivity index (χ2v) is 4.55. The Kier molecular flexibility index (Phi) is 5.83. The molecule has 0 saturated carbocycles. The van der Waals surface area contributed by atoms with E-state index in [2.05, 4.69) is 5.92 Å². The fourth-order valence-electron chi connectivity index (χ4n) is 1.94. The second kappa shape index (κ2) is 8.11. The van der Waals surface area contributed by atoms with Gasteiger partial charge in [0.05, 0.1) is 6.61 Å². The number of aliphatic hydroxyl groups excluding tert-OH is 1. The number of rotatable bonds is 7. The van der Waals surface area contributed by atoms with Crippen molar-refractivity contribution in [1.29, 1.82) is 0 Å². The van der Waals surface area contributed by atoms with Crippen LogP contribution >= 0.6 is 0 Å². The molecule has 21 heavy (non-hydrogen) atoms. The van der Waals surface area contributed by atoms with Gasteiger partial charge in [-0.2, -0.15) is 0 Å². The van der Waals surface area contributed by atoms with Crippen molar-refractivity contribution in [2.24, 2.45) is 0 Å². The number of benzene rings is 2. The Morgan fingerprint density at radius 1 is 1.00 bits per heavy atom. The van der Waals surface area contributed by atoms with E-state index >= 15 is 0 Å². The molecule has 1 atom stereocenters. The number of ether oxygens (including phenoxy) is 2. The molecule has 0 aromatic heterocycles. The first-order chi connectivity index (χ1) is 10.3. The topological polar surface area (TPSA) is 38.7 Å². The van der Waals surface area contributed by atoms with Crippen molar-refractivity contribution in [2.75, 3.05) is 19.8 Å². The first-order valence-corrected chi connectivity index (χ1v) is 6.78. The summed E-state index contributed by atoms with van der Waals surface area (Å²) in [7, 11) is 0. The molecule has 3 heteroatoms. The molecule has 0 aliphatic carbocycles. The maximum Gasteiger partial charge on any atom is 0.127 e. The van der Waals surface area contributed by atoms with Crippen molar-refractivity contribution in [1.82, 2.24) is 0 Å². The lowest BCUT2D eigenvalue weighted by Crippen LogP contribution is -2.23. The van der Waals surface area contributed by atoms with E-state index in [-0.39, 0.29) is 19.8 Å². The summed E-state index contributed by atoms with van der Waals surface area (Å²) < 4.78 is 10.8. The van der Waals surface area contributed by atoms with E-state index in [1.165, 1.54) is 0 Å². The summed E-state index contributed by atoms with van der Waals surface area (Å²) in [6.45, 7) is 0.518. The molecule has 0 amide bonds. The Morgan fingerprint density at radius 3 is 2.48 bits per heavy atom. The van der Waals surface area contributed by atoms with Crippen LogP contribution in [0.5, 0.6) is 5.75 Å². The van der Waals surface area contributed by atoms with Crippen LogP contribution in [0.25, 0.3) is 11.1 Å². The van der Waals surface area contributed by atoms with Gasteiger partial charge in [0.2, 0.25) is 0 Å². The number of hydrogen-bond donors (Lipinski definition) is 1. The van der Waals surface area contributed by atoms with Gasteiger partial charge in [-0.05, 0) is 11.6 Å². The molecule has 0 spiro atoms. The van der Waals surface area contributed by atoms with E-state index in [9.17, 15) is 5.11 Å². The second-order valence-electron chi connectivity index (χ2n) is 4.55. The normalized spacial score (nSPS) is 11.6. The third-order valence-electron chi connectivity index (χ3n) is 2.90. The highest BCUT2D eigenvalue weighted by atomic mass is 16.5. The van der Waals surface area contributed by atoms with Gasteiger partial charge in [0, 0.05) is 5.56 Å². The Labute approximate surface area is 125 Å². The highest BCUT2D eigenvalue weighted by molar-refractivity contribution is 5.70. The van der Waals surface area contributed by atoms with E-state index in [1.807, 2.05) is 54.6 Å². The lowest BCUT2D eigenvalue weighted by molar-refractivity contribution is 0.0230. The summed E-state index contributed by atoms with van der Waals surface area (Å²) in [4.78, 5) is 0. The van der Waals surface area contributed by atoms with Gasteiger partial charge in [-0.3, -0.25) is 0 Å². The molecule has 2 aromatic carbocycles. The lowest BCUT2D eigenvalue weighted by atomic mass is 10.1. The van der Waals surface area contributed by atoms with Crippen molar-refractivity contribution < 1.29 is 14.6 Å². The molecule has 0 aliphatic heterocycles. The maximum absolute atomic E-state index is 9.78. The van der Waals surface area contributed by atoms with Crippen molar-refractivity contribution in [3.05, 3.63) is 54.6 Å². The minimum atomic E-state index is -0.706. The van der Waals surface area contributed by atoms with Gasteiger partial charge >= 0.3 is 0 Å². The van der Waals surface area contributed by atoms with E-state index in [4.69, 9.17) is 15.9 Å². The molecular formula is C18H18O3. The summed E-state index contributed by atoms with van der Waals surface area (Å²) >= 11 is 0. The molecule has 0 saturated heterocycles. The molecule has 0 fully saturated rings. The average molecular weight is 282 g/mol. The van der Waals surface area contributed by atoms with Crippen LogP contribution in [0.2, 0.25) is 0 Å². The van der Waals surface area contributed by atoms with Crippen LogP contribution in [0.3, 0.4) is 0 Å². The smallest absolute Gasteiger partial charge is 0.127 e. The summed E-state index contributed by atoms with van der Waals surface area (Å²) in [5.41, 5.74) is 2.07.